The molecule has 4 aliphatic rings. The van der Waals surface area contributed by atoms with E-state index >= 15 is 0 Å². The molecular formula is C17H28N2O2. The fraction of sp³-hybridized carbons (Fsp3) is 0.882. The van der Waals surface area contributed by atoms with Crippen molar-refractivity contribution in [2.24, 2.45) is 34.8 Å². The molecule has 0 aromatic carbocycles. The van der Waals surface area contributed by atoms with Gasteiger partial charge in [0.05, 0.1) is 0 Å². The molecule has 0 unspecified atom stereocenters. The van der Waals surface area contributed by atoms with Gasteiger partial charge in [0.1, 0.15) is 6.04 Å². The van der Waals surface area contributed by atoms with Crippen LogP contribution in [0.4, 0.5) is 0 Å². The van der Waals surface area contributed by atoms with Crippen molar-refractivity contribution in [3.05, 3.63) is 0 Å². The van der Waals surface area contributed by atoms with Crippen LogP contribution in [0.3, 0.4) is 0 Å². The van der Waals surface area contributed by atoms with Crippen LogP contribution < -0.4 is 11.1 Å². The predicted molar refractivity (Wildman–Crippen MR) is 81.2 cm³/mol. The van der Waals surface area contributed by atoms with Crippen molar-refractivity contribution < 1.29 is 9.59 Å². The third kappa shape index (κ3) is 2.82. The number of amides is 2. The Balaban J connectivity index is 1.71. The lowest BCUT2D eigenvalue weighted by Gasteiger charge is -2.55. The van der Waals surface area contributed by atoms with Crippen LogP contribution in [0, 0.1) is 29.1 Å². The molecular weight excluding hydrogens is 264 g/mol. The zero-order valence-corrected chi connectivity index (χ0v) is 13.2. The molecule has 4 nitrogen and oxygen atoms in total. The Morgan fingerprint density at radius 2 is 1.57 bits per heavy atom. The largest absolute Gasteiger partial charge is 0.368 e. The second-order valence-corrected chi connectivity index (χ2v) is 8.26. The lowest BCUT2D eigenvalue weighted by Crippen LogP contribution is -2.57. The second-order valence-electron chi connectivity index (χ2n) is 8.26. The first-order valence-electron chi connectivity index (χ1n) is 8.48. The van der Waals surface area contributed by atoms with Crippen LogP contribution in [0.5, 0.6) is 0 Å². The Hall–Kier alpha value is -1.06. The maximum atomic E-state index is 12.9. The molecule has 0 heterocycles. The van der Waals surface area contributed by atoms with E-state index in [2.05, 4.69) is 5.32 Å². The average molecular weight is 292 g/mol. The Kier molecular flexibility index (Phi) is 3.74. The van der Waals surface area contributed by atoms with Crippen molar-refractivity contribution >= 4 is 11.8 Å². The van der Waals surface area contributed by atoms with Crippen molar-refractivity contribution in [2.45, 2.75) is 64.8 Å². The van der Waals surface area contributed by atoms with Crippen molar-refractivity contribution in [2.75, 3.05) is 0 Å². The summed E-state index contributed by atoms with van der Waals surface area (Å²) in [6, 6.07) is -0.509. The molecule has 4 rings (SSSR count). The van der Waals surface area contributed by atoms with Gasteiger partial charge in [0, 0.05) is 5.41 Å². The third-order valence-electron chi connectivity index (χ3n) is 5.88. The smallest absolute Gasteiger partial charge is 0.240 e. The Bertz CT molecular complexity index is 409. The summed E-state index contributed by atoms with van der Waals surface area (Å²) in [6.07, 6.45) is 7.66. The molecule has 0 aliphatic heterocycles. The van der Waals surface area contributed by atoms with E-state index in [-0.39, 0.29) is 11.3 Å². The van der Waals surface area contributed by atoms with Crippen molar-refractivity contribution in [3.63, 3.8) is 0 Å². The molecule has 2 amide bonds. The Morgan fingerprint density at radius 3 is 1.95 bits per heavy atom. The van der Waals surface area contributed by atoms with Gasteiger partial charge in [-0.15, -0.1) is 0 Å². The fourth-order valence-corrected chi connectivity index (χ4v) is 5.42. The number of carbonyl (C=O) groups excluding carboxylic acids is 2. The predicted octanol–water partition coefficient (Wildman–Crippen LogP) is 2.22. The van der Waals surface area contributed by atoms with Gasteiger partial charge in [-0.2, -0.15) is 0 Å². The van der Waals surface area contributed by atoms with Gasteiger partial charge in [-0.05, 0) is 68.6 Å². The maximum Gasteiger partial charge on any atom is 0.240 e. The molecule has 4 bridgehead atoms. The molecule has 3 N–H and O–H groups in total. The summed E-state index contributed by atoms with van der Waals surface area (Å²) >= 11 is 0. The molecule has 0 aromatic rings. The zero-order valence-electron chi connectivity index (χ0n) is 13.2. The first-order valence-corrected chi connectivity index (χ1v) is 8.48. The van der Waals surface area contributed by atoms with Gasteiger partial charge in [0.2, 0.25) is 11.8 Å². The van der Waals surface area contributed by atoms with Gasteiger partial charge in [-0.25, -0.2) is 0 Å². The Labute approximate surface area is 127 Å². The highest BCUT2D eigenvalue weighted by atomic mass is 16.2. The van der Waals surface area contributed by atoms with E-state index < -0.39 is 11.9 Å². The van der Waals surface area contributed by atoms with Crippen LogP contribution in [0.25, 0.3) is 0 Å². The summed E-state index contributed by atoms with van der Waals surface area (Å²) in [7, 11) is 0. The molecule has 0 aromatic heterocycles. The summed E-state index contributed by atoms with van der Waals surface area (Å²) in [5.74, 6) is 2.25. The molecule has 0 saturated heterocycles. The molecule has 118 valence electrons. The summed E-state index contributed by atoms with van der Waals surface area (Å²) in [5, 5.41) is 2.99. The van der Waals surface area contributed by atoms with Crippen LogP contribution in [-0.2, 0) is 9.59 Å². The van der Waals surface area contributed by atoms with Gasteiger partial charge in [0.15, 0.2) is 0 Å². The maximum absolute atomic E-state index is 12.9. The minimum Gasteiger partial charge on any atom is -0.368 e. The van der Waals surface area contributed by atoms with E-state index in [1.165, 1.54) is 19.3 Å². The highest BCUT2D eigenvalue weighted by molar-refractivity contribution is 5.89. The number of primary amides is 1. The van der Waals surface area contributed by atoms with E-state index in [1.807, 2.05) is 13.8 Å². The molecule has 0 spiro atoms. The van der Waals surface area contributed by atoms with Crippen LogP contribution in [0.1, 0.15) is 58.8 Å². The first kappa shape index (κ1) is 14.9. The number of nitrogens with two attached hydrogens (primary N) is 1. The first-order chi connectivity index (χ1) is 9.88. The number of nitrogens with one attached hydrogen (secondary N) is 1. The van der Waals surface area contributed by atoms with Gasteiger partial charge >= 0.3 is 0 Å². The van der Waals surface area contributed by atoms with E-state index in [4.69, 9.17) is 5.73 Å². The molecule has 0 radical (unpaired) electrons. The molecule has 1 atom stereocenters. The lowest BCUT2D eigenvalue weighted by atomic mass is 9.49. The third-order valence-corrected chi connectivity index (χ3v) is 5.88. The van der Waals surface area contributed by atoms with Crippen molar-refractivity contribution in [1.29, 1.82) is 0 Å². The van der Waals surface area contributed by atoms with E-state index in [0.717, 1.165) is 37.0 Å². The number of carbonyl (C=O) groups is 2. The Morgan fingerprint density at radius 1 is 1.10 bits per heavy atom. The number of hydrogen-bond acceptors (Lipinski definition) is 2. The van der Waals surface area contributed by atoms with Crippen molar-refractivity contribution in [3.8, 4) is 0 Å². The summed E-state index contributed by atoms with van der Waals surface area (Å²) < 4.78 is 0. The normalized spacial score (nSPS) is 38.5. The highest BCUT2D eigenvalue weighted by Crippen LogP contribution is 2.60. The quantitative estimate of drug-likeness (QED) is 0.815. The zero-order chi connectivity index (χ0) is 15.2. The summed E-state index contributed by atoms with van der Waals surface area (Å²) in [6.45, 7) is 4.10. The topological polar surface area (TPSA) is 72.2 Å². The van der Waals surface area contributed by atoms with Crippen molar-refractivity contribution in [1.82, 2.24) is 5.32 Å². The second kappa shape index (κ2) is 5.29. The van der Waals surface area contributed by atoms with Crippen LogP contribution in [0.2, 0.25) is 0 Å². The standard InChI is InChI=1S/C17H28N2O2/c1-10(2)3-14(15(18)20)19-16(21)17-7-11-4-12(8-17)6-13(5-11)9-17/h10-14H,3-9H2,1-2H3,(H2,18,20)(H,19,21)/t11?,12?,13?,14-,17?/m1/s1. The van der Waals surface area contributed by atoms with E-state index in [9.17, 15) is 9.59 Å². The number of hydrogen-bond donors (Lipinski definition) is 2. The minimum atomic E-state index is -0.509. The fourth-order valence-electron chi connectivity index (χ4n) is 5.42. The van der Waals surface area contributed by atoms with Crippen LogP contribution >= 0.6 is 0 Å². The highest BCUT2D eigenvalue weighted by Gasteiger charge is 2.54. The van der Waals surface area contributed by atoms with Gasteiger partial charge in [-0.1, -0.05) is 13.8 Å². The van der Waals surface area contributed by atoms with E-state index in [1.54, 1.807) is 0 Å². The lowest BCUT2D eigenvalue weighted by molar-refractivity contribution is -0.148. The summed E-state index contributed by atoms with van der Waals surface area (Å²) in [4.78, 5) is 24.5. The van der Waals surface area contributed by atoms with E-state index in [0.29, 0.717) is 12.3 Å². The van der Waals surface area contributed by atoms with Gasteiger partial charge < -0.3 is 11.1 Å². The van der Waals surface area contributed by atoms with Gasteiger partial charge in [0.25, 0.3) is 0 Å². The molecule has 21 heavy (non-hydrogen) atoms. The SMILES string of the molecule is CC(C)C[C@@H](NC(=O)C12CC3CC(CC(C3)C1)C2)C(N)=O. The van der Waals surface area contributed by atoms with Crippen LogP contribution in [0.15, 0.2) is 0 Å². The number of rotatable bonds is 5. The molecule has 4 fully saturated rings. The molecule has 4 saturated carbocycles. The van der Waals surface area contributed by atoms with Gasteiger partial charge in [-0.3, -0.25) is 9.59 Å². The average Bonchev–Trinajstić information content (AvgIpc) is 2.35. The minimum absolute atomic E-state index is 0.103. The molecule has 4 aliphatic carbocycles. The molecule has 4 heteroatoms. The monoisotopic (exact) mass is 292 g/mol. The summed E-state index contributed by atoms with van der Waals surface area (Å²) in [5.41, 5.74) is 5.28. The van der Waals surface area contributed by atoms with Crippen LogP contribution in [-0.4, -0.2) is 17.9 Å².